The van der Waals surface area contributed by atoms with Gasteiger partial charge in [-0.3, -0.25) is 0 Å². The summed E-state index contributed by atoms with van der Waals surface area (Å²) in [5.41, 5.74) is 2.54. The standard InChI is InChI=1S/C22H20F3NO2/c23-22(24,25)28-21-9-5-4-8-19(21)15-26-14-17-10-12-20(13-11-17)27-16-18-6-2-1-3-7-18/h1-13,26H,14-16H2. The van der Waals surface area contributed by atoms with E-state index in [1.54, 1.807) is 12.1 Å². The van der Waals surface area contributed by atoms with Crippen molar-refractivity contribution in [1.29, 1.82) is 0 Å². The van der Waals surface area contributed by atoms with Gasteiger partial charge < -0.3 is 14.8 Å². The maximum atomic E-state index is 12.5. The summed E-state index contributed by atoms with van der Waals surface area (Å²) in [6, 6.07) is 23.6. The van der Waals surface area contributed by atoms with Gasteiger partial charge in [0.25, 0.3) is 0 Å². The summed E-state index contributed by atoms with van der Waals surface area (Å²) in [7, 11) is 0. The Morgan fingerprint density at radius 2 is 1.39 bits per heavy atom. The Balaban J connectivity index is 1.49. The van der Waals surface area contributed by atoms with Crippen molar-refractivity contribution in [2.24, 2.45) is 0 Å². The molecule has 0 unspecified atom stereocenters. The van der Waals surface area contributed by atoms with Crippen LogP contribution in [-0.2, 0) is 19.7 Å². The normalized spacial score (nSPS) is 11.2. The second kappa shape index (κ2) is 9.28. The molecule has 0 heterocycles. The van der Waals surface area contributed by atoms with Crippen molar-refractivity contribution in [2.75, 3.05) is 0 Å². The van der Waals surface area contributed by atoms with Gasteiger partial charge in [0.05, 0.1) is 0 Å². The van der Waals surface area contributed by atoms with Crippen LogP contribution in [0.5, 0.6) is 11.5 Å². The summed E-state index contributed by atoms with van der Waals surface area (Å²) in [6.07, 6.45) is -4.70. The van der Waals surface area contributed by atoms with Gasteiger partial charge in [-0.2, -0.15) is 0 Å². The fourth-order valence-electron chi connectivity index (χ4n) is 2.66. The number of alkyl halides is 3. The fraction of sp³-hybridized carbons (Fsp3) is 0.182. The van der Waals surface area contributed by atoms with Crippen LogP contribution in [0.2, 0.25) is 0 Å². The minimum Gasteiger partial charge on any atom is -0.489 e. The van der Waals surface area contributed by atoms with E-state index < -0.39 is 6.36 Å². The first-order valence-electron chi connectivity index (χ1n) is 8.80. The molecule has 0 atom stereocenters. The Hall–Kier alpha value is -2.99. The van der Waals surface area contributed by atoms with Gasteiger partial charge in [0.2, 0.25) is 0 Å². The van der Waals surface area contributed by atoms with Crippen LogP contribution in [0.4, 0.5) is 13.2 Å². The van der Waals surface area contributed by atoms with Crippen molar-refractivity contribution < 1.29 is 22.6 Å². The van der Waals surface area contributed by atoms with Crippen molar-refractivity contribution in [3.05, 3.63) is 95.6 Å². The van der Waals surface area contributed by atoms with Crippen LogP contribution in [-0.4, -0.2) is 6.36 Å². The molecule has 3 rings (SSSR count). The molecule has 0 aromatic heterocycles. The third-order valence-corrected chi connectivity index (χ3v) is 4.01. The lowest BCUT2D eigenvalue weighted by Gasteiger charge is -2.13. The average molecular weight is 387 g/mol. The third-order valence-electron chi connectivity index (χ3n) is 4.01. The van der Waals surface area contributed by atoms with Crippen molar-refractivity contribution in [2.45, 2.75) is 26.1 Å². The minimum atomic E-state index is -4.70. The van der Waals surface area contributed by atoms with Crippen molar-refractivity contribution in [1.82, 2.24) is 5.32 Å². The van der Waals surface area contributed by atoms with E-state index in [2.05, 4.69) is 10.1 Å². The number of para-hydroxylation sites is 1. The first-order valence-corrected chi connectivity index (χ1v) is 8.80. The zero-order valence-electron chi connectivity index (χ0n) is 15.1. The summed E-state index contributed by atoms with van der Waals surface area (Å²) in [6.45, 7) is 1.27. The van der Waals surface area contributed by atoms with E-state index in [-0.39, 0.29) is 12.3 Å². The monoisotopic (exact) mass is 387 g/mol. The van der Waals surface area contributed by atoms with Crippen LogP contribution < -0.4 is 14.8 Å². The smallest absolute Gasteiger partial charge is 0.489 e. The van der Waals surface area contributed by atoms with E-state index in [0.29, 0.717) is 18.7 Å². The molecule has 0 radical (unpaired) electrons. The third kappa shape index (κ3) is 6.32. The van der Waals surface area contributed by atoms with Crippen LogP contribution in [0.15, 0.2) is 78.9 Å². The first-order chi connectivity index (χ1) is 13.5. The van der Waals surface area contributed by atoms with Gasteiger partial charge in [-0.25, -0.2) is 0 Å². The largest absolute Gasteiger partial charge is 0.573 e. The number of ether oxygens (including phenoxy) is 2. The summed E-state index contributed by atoms with van der Waals surface area (Å²) < 4.78 is 47.2. The topological polar surface area (TPSA) is 30.5 Å². The Bertz CT molecular complexity index is 865. The van der Waals surface area contributed by atoms with Gasteiger partial charge >= 0.3 is 6.36 Å². The zero-order chi connectivity index (χ0) is 19.8. The molecule has 28 heavy (non-hydrogen) atoms. The average Bonchev–Trinajstić information content (AvgIpc) is 2.68. The molecule has 0 aliphatic rings. The highest BCUT2D eigenvalue weighted by Crippen LogP contribution is 2.26. The van der Waals surface area contributed by atoms with E-state index >= 15 is 0 Å². The summed E-state index contributed by atoms with van der Waals surface area (Å²) in [4.78, 5) is 0. The Morgan fingerprint density at radius 1 is 0.714 bits per heavy atom. The first kappa shape index (κ1) is 19.8. The molecule has 0 aliphatic heterocycles. The van der Waals surface area contributed by atoms with E-state index in [9.17, 15) is 13.2 Å². The Morgan fingerprint density at radius 3 is 2.11 bits per heavy atom. The number of hydrogen-bond donors (Lipinski definition) is 1. The van der Waals surface area contributed by atoms with Gasteiger partial charge in [-0.15, -0.1) is 13.2 Å². The molecule has 0 spiro atoms. The molecule has 0 saturated carbocycles. The minimum absolute atomic E-state index is 0.188. The highest BCUT2D eigenvalue weighted by molar-refractivity contribution is 5.33. The quantitative estimate of drug-likeness (QED) is 0.557. The summed E-state index contributed by atoms with van der Waals surface area (Å²) in [5, 5.41) is 3.13. The lowest BCUT2D eigenvalue weighted by Crippen LogP contribution is -2.20. The maximum Gasteiger partial charge on any atom is 0.573 e. The predicted octanol–water partition coefficient (Wildman–Crippen LogP) is 5.45. The molecule has 6 heteroatoms. The van der Waals surface area contributed by atoms with Gasteiger partial charge in [0, 0.05) is 18.7 Å². The van der Waals surface area contributed by atoms with Crippen LogP contribution in [0, 0.1) is 0 Å². The number of halogens is 3. The number of nitrogens with one attached hydrogen (secondary N) is 1. The van der Waals surface area contributed by atoms with E-state index in [1.165, 1.54) is 12.1 Å². The molecule has 0 saturated heterocycles. The summed E-state index contributed by atoms with van der Waals surface area (Å²) >= 11 is 0. The zero-order valence-corrected chi connectivity index (χ0v) is 15.1. The molecule has 0 fully saturated rings. The molecule has 3 aromatic carbocycles. The molecule has 3 nitrogen and oxygen atoms in total. The van der Waals surface area contributed by atoms with Crippen LogP contribution in [0.1, 0.15) is 16.7 Å². The van der Waals surface area contributed by atoms with Gasteiger partial charge in [-0.05, 0) is 29.3 Å². The molecule has 146 valence electrons. The molecule has 0 amide bonds. The van der Waals surface area contributed by atoms with E-state index in [0.717, 1.165) is 16.9 Å². The van der Waals surface area contributed by atoms with Gasteiger partial charge in [0.1, 0.15) is 18.1 Å². The molecule has 0 aliphatic carbocycles. The number of benzene rings is 3. The van der Waals surface area contributed by atoms with Gasteiger partial charge in [-0.1, -0.05) is 60.7 Å². The summed E-state index contributed by atoms with van der Waals surface area (Å²) in [5.74, 6) is 0.573. The molecular weight excluding hydrogens is 367 g/mol. The Kier molecular flexibility index (Phi) is 6.55. The van der Waals surface area contributed by atoms with Crippen LogP contribution in [0.25, 0.3) is 0 Å². The molecule has 3 aromatic rings. The fourth-order valence-corrected chi connectivity index (χ4v) is 2.66. The van der Waals surface area contributed by atoms with Crippen LogP contribution >= 0.6 is 0 Å². The number of hydrogen-bond acceptors (Lipinski definition) is 3. The number of rotatable bonds is 8. The highest BCUT2D eigenvalue weighted by atomic mass is 19.4. The van der Waals surface area contributed by atoms with E-state index in [4.69, 9.17) is 4.74 Å². The molecular formula is C22H20F3NO2. The second-order valence-corrected chi connectivity index (χ2v) is 6.18. The lowest BCUT2D eigenvalue weighted by molar-refractivity contribution is -0.274. The SMILES string of the molecule is FC(F)(F)Oc1ccccc1CNCc1ccc(OCc2ccccc2)cc1. The maximum absolute atomic E-state index is 12.5. The van der Waals surface area contributed by atoms with Gasteiger partial charge in [0.15, 0.2) is 0 Å². The van der Waals surface area contributed by atoms with Crippen molar-refractivity contribution in [3.8, 4) is 11.5 Å². The predicted molar refractivity (Wildman–Crippen MR) is 101 cm³/mol. The van der Waals surface area contributed by atoms with Crippen molar-refractivity contribution in [3.63, 3.8) is 0 Å². The molecule has 1 N–H and O–H groups in total. The molecule has 0 bridgehead atoms. The van der Waals surface area contributed by atoms with Crippen molar-refractivity contribution >= 4 is 0 Å². The van der Waals surface area contributed by atoms with Crippen LogP contribution in [0.3, 0.4) is 0 Å². The highest BCUT2D eigenvalue weighted by Gasteiger charge is 2.31. The van der Waals surface area contributed by atoms with E-state index in [1.807, 2.05) is 54.6 Å². The lowest BCUT2D eigenvalue weighted by atomic mass is 10.2. The second-order valence-electron chi connectivity index (χ2n) is 6.18. The Labute approximate surface area is 161 Å².